The summed E-state index contributed by atoms with van der Waals surface area (Å²) in [5.41, 5.74) is 0.373. The van der Waals surface area contributed by atoms with E-state index in [1.165, 1.54) is 12.1 Å². The van der Waals surface area contributed by atoms with Gasteiger partial charge in [0.05, 0.1) is 21.4 Å². The summed E-state index contributed by atoms with van der Waals surface area (Å²) in [4.78, 5) is 34.5. The van der Waals surface area contributed by atoms with E-state index in [-0.39, 0.29) is 11.3 Å². The Hall–Kier alpha value is -3.28. The van der Waals surface area contributed by atoms with Gasteiger partial charge in [-0.05, 0) is 22.9 Å². The topological polar surface area (TPSA) is 86.5 Å². The van der Waals surface area contributed by atoms with Crippen LogP contribution in [0.5, 0.6) is 0 Å². The van der Waals surface area contributed by atoms with Crippen LogP contribution in [-0.2, 0) is 4.74 Å². The summed E-state index contributed by atoms with van der Waals surface area (Å²) in [7, 11) is 0. The van der Waals surface area contributed by atoms with E-state index >= 15 is 0 Å². The molecule has 0 fully saturated rings. The number of hydrogen-bond donors (Lipinski definition) is 0. The van der Waals surface area contributed by atoms with Crippen molar-refractivity contribution in [1.82, 2.24) is 0 Å². The molecule has 0 amide bonds. The quantitative estimate of drug-likeness (QED) is 0.226. The van der Waals surface area contributed by atoms with Crippen molar-refractivity contribution in [3.05, 3.63) is 63.7 Å². The fourth-order valence-electron chi connectivity index (χ4n) is 2.91. The minimum atomic E-state index is -0.784. The summed E-state index contributed by atoms with van der Waals surface area (Å²) >= 11 is 0. The molecule has 0 saturated heterocycles. The number of ether oxygens (including phenoxy) is 1. The minimum Gasteiger partial charge on any atom is -0.386 e. The molecule has 0 saturated carbocycles. The van der Waals surface area contributed by atoms with Gasteiger partial charge in [0.25, 0.3) is 5.69 Å². The van der Waals surface area contributed by atoms with E-state index in [4.69, 9.17) is 4.74 Å². The number of fused-ring (bicyclic) bond motifs is 2. The highest BCUT2D eigenvalue weighted by molar-refractivity contribution is 6.26. The van der Waals surface area contributed by atoms with Gasteiger partial charge in [0.1, 0.15) is 0 Å². The number of non-ortho nitro benzene ring substituents is 1. The Labute approximate surface area is 123 Å². The van der Waals surface area contributed by atoms with Crippen molar-refractivity contribution in [1.29, 1.82) is 0 Å². The lowest BCUT2D eigenvalue weighted by atomic mass is 9.92. The zero-order valence-electron chi connectivity index (χ0n) is 11.0. The number of carbonyl (C=O) groups is 2. The van der Waals surface area contributed by atoms with Gasteiger partial charge in [-0.1, -0.05) is 24.3 Å². The highest BCUT2D eigenvalue weighted by Crippen LogP contribution is 2.37. The Morgan fingerprint density at radius 1 is 0.864 bits per heavy atom. The zero-order chi connectivity index (χ0) is 15.4. The molecule has 0 aromatic heterocycles. The Kier molecular flexibility index (Phi) is 2.33. The van der Waals surface area contributed by atoms with Crippen LogP contribution in [-0.4, -0.2) is 16.9 Å². The monoisotopic (exact) mass is 293 g/mol. The molecule has 106 valence electrons. The molecule has 0 aliphatic carbocycles. The maximum Gasteiger partial charge on any atom is 0.346 e. The standard InChI is InChI=1S/C16H7NO5/c18-15-10-5-1-4-9-8-3-2-6-13(17(20)21)11(8)7-12(14(9)10)16(19)22-15/h1-7H. The van der Waals surface area contributed by atoms with Gasteiger partial charge < -0.3 is 4.74 Å². The van der Waals surface area contributed by atoms with E-state index in [0.29, 0.717) is 27.1 Å². The summed E-state index contributed by atoms with van der Waals surface area (Å²) in [5.74, 6) is -1.48. The lowest BCUT2D eigenvalue weighted by molar-refractivity contribution is -0.383. The Balaban J connectivity index is 2.30. The van der Waals surface area contributed by atoms with Crippen molar-refractivity contribution in [2.45, 2.75) is 0 Å². The molecule has 0 bridgehead atoms. The van der Waals surface area contributed by atoms with Crippen LogP contribution in [0.25, 0.3) is 21.5 Å². The second kappa shape index (κ2) is 4.11. The van der Waals surface area contributed by atoms with E-state index in [1.54, 1.807) is 30.3 Å². The molecule has 1 heterocycles. The van der Waals surface area contributed by atoms with E-state index in [0.717, 1.165) is 0 Å². The van der Waals surface area contributed by atoms with Crippen LogP contribution < -0.4 is 0 Å². The van der Waals surface area contributed by atoms with Gasteiger partial charge >= 0.3 is 11.9 Å². The fraction of sp³-hybridized carbons (Fsp3) is 0. The normalized spacial score (nSPS) is 13.5. The predicted molar refractivity (Wildman–Crippen MR) is 77.9 cm³/mol. The number of benzene rings is 3. The fourth-order valence-corrected chi connectivity index (χ4v) is 2.91. The van der Waals surface area contributed by atoms with Crippen LogP contribution in [0.1, 0.15) is 20.7 Å². The van der Waals surface area contributed by atoms with Crippen molar-refractivity contribution in [3.63, 3.8) is 0 Å². The van der Waals surface area contributed by atoms with Gasteiger partial charge in [0.15, 0.2) is 0 Å². The molecule has 0 unspecified atom stereocenters. The van der Waals surface area contributed by atoms with Gasteiger partial charge in [-0.25, -0.2) is 9.59 Å². The van der Waals surface area contributed by atoms with E-state index in [2.05, 4.69) is 0 Å². The number of hydrogen-bond acceptors (Lipinski definition) is 5. The third-order valence-electron chi connectivity index (χ3n) is 3.82. The maximum atomic E-state index is 12.0. The summed E-state index contributed by atoms with van der Waals surface area (Å²) < 4.78 is 4.70. The van der Waals surface area contributed by atoms with E-state index < -0.39 is 16.9 Å². The first-order valence-electron chi connectivity index (χ1n) is 6.47. The zero-order valence-corrected chi connectivity index (χ0v) is 11.0. The Morgan fingerprint density at radius 3 is 2.32 bits per heavy atom. The van der Waals surface area contributed by atoms with Crippen LogP contribution >= 0.6 is 0 Å². The van der Waals surface area contributed by atoms with Crippen molar-refractivity contribution >= 4 is 39.2 Å². The largest absolute Gasteiger partial charge is 0.386 e. The second-order valence-corrected chi connectivity index (χ2v) is 4.96. The van der Waals surface area contributed by atoms with Crippen LogP contribution in [0.4, 0.5) is 5.69 Å². The molecule has 0 atom stereocenters. The number of carbonyl (C=O) groups excluding carboxylic acids is 2. The number of esters is 2. The minimum absolute atomic E-state index is 0.0919. The van der Waals surface area contributed by atoms with Gasteiger partial charge in [-0.15, -0.1) is 0 Å². The second-order valence-electron chi connectivity index (χ2n) is 4.96. The molecule has 6 nitrogen and oxygen atoms in total. The summed E-state index contributed by atoms with van der Waals surface area (Å²) in [5, 5.41) is 13.3. The molecule has 22 heavy (non-hydrogen) atoms. The van der Waals surface area contributed by atoms with Crippen LogP contribution in [0.3, 0.4) is 0 Å². The average molecular weight is 293 g/mol. The maximum absolute atomic E-state index is 12.0. The van der Waals surface area contributed by atoms with Crippen molar-refractivity contribution in [2.24, 2.45) is 0 Å². The first-order valence-corrected chi connectivity index (χ1v) is 6.47. The SMILES string of the molecule is O=C1OC(=O)c2cc3c([N+](=O)[O-])cccc3c3cccc1c23. The third kappa shape index (κ3) is 1.49. The van der Waals surface area contributed by atoms with Crippen molar-refractivity contribution in [2.75, 3.05) is 0 Å². The van der Waals surface area contributed by atoms with Gasteiger partial charge in [0.2, 0.25) is 0 Å². The predicted octanol–water partition coefficient (Wildman–Crippen LogP) is 3.21. The number of nitro benzene ring substituents is 1. The smallest absolute Gasteiger partial charge is 0.346 e. The van der Waals surface area contributed by atoms with Crippen molar-refractivity contribution < 1.29 is 19.2 Å². The van der Waals surface area contributed by atoms with Crippen LogP contribution in [0.15, 0.2) is 42.5 Å². The third-order valence-corrected chi connectivity index (χ3v) is 3.82. The highest BCUT2D eigenvalue weighted by Gasteiger charge is 2.29. The first-order chi connectivity index (χ1) is 10.6. The summed E-state index contributed by atoms with van der Waals surface area (Å²) in [6.07, 6.45) is 0. The van der Waals surface area contributed by atoms with Gasteiger partial charge in [-0.2, -0.15) is 0 Å². The molecule has 0 spiro atoms. The van der Waals surface area contributed by atoms with Crippen LogP contribution in [0, 0.1) is 10.1 Å². The molecular weight excluding hydrogens is 286 g/mol. The molecule has 0 N–H and O–H groups in total. The lowest BCUT2D eigenvalue weighted by Crippen LogP contribution is -2.19. The van der Waals surface area contributed by atoms with E-state index in [1.807, 2.05) is 0 Å². The summed E-state index contributed by atoms with van der Waals surface area (Å²) in [6, 6.07) is 11.1. The average Bonchev–Trinajstić information content (AvgIpc) is 2.51. The Bertz CT molecular complexity index is 1020. The van der Waals surface area contributed by atoms with Crippen LogP contribution in [0.2, 0.25) is 0 Å². The first kappa shape index (κ1) is 12.5. The highest BCUT2D eigenvalue weighted by atomic mass is 16.6. The van der Waals surface area contributed by atoms with E-state index in [9.17, 15) is 19.7 Å². The Morgan fingerprint density at radius 2 is 1.55 bits per heavy atom. The number of cyclic esters (lactones) is 2. The molecule has 6 heteroatoms. The molecule has 3 aromatic rings. The van der Waals surface area contributed by atoms with Gasteiger partial charge in [0, 0.05) is 11.5 Å². The molecule has 1 aliphatic heterocycles. The lowest BCUT2D eigenvalue weighted by Gasteiger charge is -2.16. The van der Waals surface area contributed by atoms with Crippen molar-refractivity contribution in [3.8, 4) is 0 Å². The number of rotatable bonds is 1. The molecular formula is C16H7NO5. The molecule has 0 radical (unpaired) electrons. The number of nitrogens with zero attached hydrogens (tertiary/aromatic N) is 1. The number of nitro groups is 1. The van der Waals surface area contributed by atoms with Gasteiger partial charge in [-0.3, -0.25) is 10.1 Å². The molecule has 4 rings (SSSR count). The molecule has 1 aliphatic rings. The summed E-state index contributed by atoms with van der Waals surface area (Å²) in [6.45, 7) is 0. The molecule has 3 aromatic carbocycles.